The van der Waals surface area contributed by atoms with Crippen molar-refractivity contribution in [2.45, 2.75) is 25.2 Å². The molecule has 0 amide bonds. The van der Waals surface area contributed by atoms with Crippen LogP contribution < -0.4 is 0 Å². The fourth-order valence-electron chi connectivity index (χ4n) is 4.23. The van der Waals surface area contributed by atoms with Crippen LogP contribution in [-0.4, -0.2) is 64.2 Å². The van der Waals surface area contributed by atoms with E-state index in [1.807, 2.05) is 23.3 Å². The molecule has 0 spiro atoms. The topological polar surface area (TPSA) is 99.3 Å². The molecule has 8 nitrogen and oxygen atoms in total. The average Bonchev–Trinajstić information content (AvgIpc) is 3.11. The van der Waals surface area contributed by atoms with E-state index in [4.69, 9.17) is 4.98 Å². The number of ketones is 1. The van der Waals surface area contributed by atoms with E-state index in [9.17, 15) is 13.2 Å². The van der Waals surface area contributed by atoms with Gasteiger partial charge in [-0.05, 0) is 18.9 Å². The van der Waals surface area contributed by atoms with Crippen LogP contribution in [0.2, 0.25) is 0 Å². The van der Waals surface area contributed by atoms with Crippen LogP contribution in [0.25, 0.3) is 22.8 Å². The van der Waals surface area contributed by atoms with E-state index in [1.165, 1.54) is 10.6 Å². The molecule has 0 radical (unpaired) electrons. The van der Waals surface area contributed by atoms with Gasteiger partial charge in [0.2, 0.25) is 10.0 Å². The number of allylic oxidation sites excluding steroid dienone is 1. The van der Waals surface area contributed by atoms with Crippen LogP contribution in [0, 0.1) is 0 Å². The summed E-state index contributed by atoms with van der Waals surface area (Å²) in [6.07, 6.45) is 10.8. The highest BCUT2D eigenvalue weighted by atomic mass is 32.2. The summed E-state index contributed by atoms with van der Waals surface area (Å²) in [4.78, 5) is 26.5. The quantitative estimate of drug-likeness (QED) is 0.825. The third-order valence-electron chi connectivity index (χ3n) is 5.74. The van der Waals surface area contributed by atoms with Gasteiger partial charge in [-0.25, -0.2) is 17.7 Å². The molecule has 3 aliphatic heterocycles. The Balaban J connectivity index is 1.48. The molecular weight excluding hydrogens is 378 g/mol. The molecule has 5 rings (SSSR count). The third kappa shape index (κ3) is 2.85. The van der Waals surface area contributed by atoms with Crippen LogP contribution in [0.3, 0.4) is 0 Å². The molecule has 28 heavy (non-hydrogen) atoms. The summed E-state index contributed by atoms with van der Waals surface area (Å²) in [5, 5.41) is 0. The van der Waals surface area contributed by atoms with E-state index in [2.05, 4.69) is 9.97 Å². The van der Waals surface area contributed by atoms with E-state index in [0.717, 1.165) is 46.7 Å². The lowest BCUT2D eigenvalue weighted by atomic mass is 9.97. The lowest BCUT2D eigenvalue weighted by molar-refractivity contribution is -0.118. The number of nitrogens with one attached hydrogen (secondary N) is 1. The number of Topliss-reactive ketones (excluding diaryl/α,β-unsaturated/α-hetero) is 1. The summed E-state index contributed by atoms with van der Waals surface area (Å²) in [5.41, 5.74) is 4.53. The highest BCUT2D eigenvalue weighted by Crippen LogP contribution is 2.35. The minimum absolute atomic E-state index is 0.195. The smallest absolute Gasteiger partial charge is 0.211 e. The molecule has 0 aromatic carbocycles. The first kappa shape index (κ1) is 17.6. The van der Waals surface area contributed by atoms with Crippen LogP contribution >= 0.6 is 0 Å². The number of hydrogen-bond donors (Lipinski definition) is 1. The Morgan fingerprint density at radius 2 is 2.04 bits per heavy atom. The normalized spacial score (nSPS) is 21.0. The second-order valence-electron chi connectivity index (χ2n) is 7.62. The van der Waals surface area contributed by atoms with Crippen LogP contribution in [-0.2, 0) is 14.8 Å². The first-order valence-corrected chi connectivity index (χ1v) is 11.3. The minimum Gasteiger partial charge on any atom is -0.340 e. The zero-order valence-electron chi connectivity index (χ0n) is 15.6. The van der Waals surface area contributed by atoms with Gasteiger partial charge in [0.15, 0.2) is 5.78 Å². The van der Waals surface area contributed by atoms with Crippen molar-refractivity contribution in [3.8, 4) is 0 Å². The average molecular weight is 399 g/mol. The maximum atomic E-state index is 11.7. The molecule has 0 bridgehead atoms. The van der Waals surface area contributed by atoms with E-state index in [1.54, 1.807) is 6.20 Å². The largest absolute Gasteiger partial charge is 0.340 e. The number of fused-ring (bicyclic) bond motifs is 5. The monoisotopic (exact) mass is 399 g/mol. The molecule has 5 heterocycles. The highest BCUT2D eigenvalue weighted by molar-refractivity contribution is 7.88. The SMILES string of the molecule is CS(=O)(=O)N1CCC(c2nc3c4c(ncc3[nH]2)C2=CCC(=O)CN2C=C4)CC1. The van der Waals surface area contributed by atoms with E-state index in [0.29, 0.717) is 26.1 Å². The molecule has 3 aliphatic rings. The predicted octanol–water partition coefficient (Wildman–Crippen LogP) is 1.70. The van der Waals surface area contributed by atoms with E-state index < -0.39 is 10.0 Å². The molecule has 2 aromatic rings. The Bertz CT molecular complexity index is 1140. The van der Waals surface area contributed by atoms with Crippen molar-refractivity contribution in [1.82, 2.24) is 24.2 Å². The minimum atomic E-state index is -3.13. The predicted molar refractivity (Wildman–Crippen MR) is 106 cm³/mol. The summed E-state index contributed by atoms with van der Waals surface area (Å²) < 4.78 is 25.0. The lowest BCUT2D eigenvalue weighted by Gasteiger charge is -2.29. The highest BCUT2D eigenvalue weighted by Gasteiger charge is 2.29. The molecule has 2 aromatic heterocycles. The summed E-state index contributed by atoms with van der Waals surface area (Å²) in [6, 6.07) is 0. The first-order chi connectivity index (χ1) is 13.4. The van der Waals surface area contributed by atoms with E-state index in [-0.39, 0.29) is 11.7 Å². The molecule has 1 saturated heterocycles. The van der Waals surface area contributed by atoms with Crippen molar-refractivity contribution in [2.24, 2.45) is 0 Å². The van der Waals surface area contributed by atoms with Crippen molar-refractivity contribution in [1.29, 1.82) is 0 Å². The van der Waals surface area contributed by atoms with Crippen molar-refractivity contribution in [3.05, 3.63) is 35.6 Å². The summed E-state index contributed by atoms with van der Waals surface area (Å²) in [7, 11) is -3.13. The van der Waals surface area contributed by atoms with Gasteiger partial charge in [-0.2, -0.15) is 0 Å². The number of pyridine rings is 1. The summed E-state index contributed by atoms with van der Waals surface area (Å²) in [6.45, 7) is 1.42. The Morgan fingerprint density at radius 1 is 1.25 bits per heavy atom. The van der Waals surface area contributed by atoms with Gasteiger partial charge in [-0.1, -0.05) is 6.08 Å². The van der Waals surface area contributed by atoms with E-state index >= 15 is 0 Å². The van der Waals surface area contributed by atoms with Crippen molar-refractivity contribution < 1.29 is 13.2 Å². The molecule has 9 heteroatoms. The molecule has 146 valence electrons. The molecule has 1 N–H and O–H groups in total. The van der Waals surface area contributed by atoms with Gasteiger partial charge in [0, 0.05) is 37.2 Å². The number of imidazole rings is 1. The number of rotatable bonds is 2. The Hall–Kier alpha value is -2.52. The first-order valence-electron chi connectivity index (χ1n) is 9.41. The zero-order chi connectivity index (χ0) is 19.5. The third-order valence-corrected chi connectivity index (χ3v) is 7.04. The van der Waals surface area contributed by atoms with Crippen molar-refractivity contribution >= 4 is 38.6 Å². The molecular formula is C19H21N5O3S. The number of hydrogen-bond acceptors (Lipinski definition) is 6. The Labute approximate surface area is 163 Å². The molecule has 1 fully saturated rings. The number of nitrogens with zero attached hydrogens (tertiary/aromatic N) is 4. The zero-order valence-corrected chi connectivity index (χ0v) is 16.4. The standard InChI is InChI=1S/C19H21N5O3S/c1-28(26,27)24-8-4-12(5-9-24)19-21-15-10-20-18-14(17(15)22-19)6-7-23-11-13(25)2-3-16(18)23/h3,6-7,10,12H,2,4-5,8-9,11H2,1H3,(H,21,22). The van der Waals surface area contributed by atoms with Gasteiger partial charge < -0.3 is 9.88 Å². The number of sulfonamides is 1. The number of aromatic amines is 1. The van der Waals surface area contributed by atoms with Crippen molar-refractivity contribution in [3.63, 3.8) is 0 Å². The second kappa shape index (κ2) is 6.25. The van der Waals surface area contributed by atoms with Crippen LogP contribution in [0.4, 0.5) is 0 Å². The van der Waals surface area contributed by atoms with Gasteiger partial charge in [0.1, 0.15) is 5.82 Å². The molecule has 0 atom stereocenters. The van der Waals surface area contributed by atoms with Gasteiger partial charge in [-0.15, -0.1) is 0 Å². The fraction of sp³-hybridized carbons (Fsp3) is 0.421. The molecule has 0 aliphatic carbocycles. The summed E-state index contributed by atoms with van der Waals surface area (Å²) >= 11 is 0. The molecule has 0 unspecified atom stereocenters. The number of H-pyrrole nitrogens is 1. The molecule has 0 saturated carbocycles. The van der Waals surface area contributed by atoms with Crippen LogP contribution in [0.5, 0.6) is 0 Å². The lowest BCUT2D eigenvalue weighted by Crippen LogP contribution is -2.37. The maximum Gasteiger partial charge on any atom is 0.211 e. The number of carbonyl (C=O) groups is 1. The second-order valence-corrected chi connectivity index (χ2v) is 9.60. The van der Waals surface area contributed by atoms with Crippen molar-refractivity contribution in [2.75, 3.05) is 25.9 Å². The maximum absolute atomic E-state index is 11.7. The summed E-state index contributed by atoms with van der Waals surface area (Å²) in [5.74, 6) is 1.29. The number of aromatic nitrogens is 3. The van der Waals surface area contributed by atoms with Gasteiger partial charge in [0.25, 0.3) is 0 Å². The fourth-order valence-corrected chi connectivity index (χ4v) is 5.10. The van der Waals surface area contributed by atoms with Gasteiger partial charge in [0.05, 0.1) is 41.4 Å². The van der Waals surface area contributed by atoms with Gasteiger partial charge >= 0.3 is 0 Å². The van der Waals surface area contributed by atoms with Crippen LogP contribution in [0.15, 0.2) is 18.5 Å². The number of carbonyl (C=O) groups excluding carboxylic acids is 1. The van der Waals surface area contributed by atoms with Crippen LogP contribution in [0.1, 0.15) is 42.3 Å². The van der Waals surface area contributed by atoms with Gasteiger partial charge in [-0.3, -0.25) is 9.78 Å². The Morgan fingerprint density at radius 3 is 2.79 bits per heavy atom. The Kier molecular flexibility index (Phi) is 3.92. The number of piperidine rings is 1.